The lowest BCUT2D eigenvalue weighted by atomic mass is 10.3. The Morgan fingerprint density at radius 2 is 2.50 bits per heavy atom. The van der Waals surface area contributed by atoms with Crippen LogP contribution in [0.3, 0.4) is 0 Å². The van der Waals surface area contributed by atoms with Gasteiger partial charge in [-0.3, -0.25) is 4.90 Å². The molecule has 0 radical (unpaired) electrons. The van der Waals surface area contributed by atoms with Crippen molar-refractivity contribution in [1.29, 1.82) is 5.26 Å². The Morgan fingerprint density at radius 3 is 3.00 bits per heavy atom. The molecule has 0 spiro atoms. The highest BCUT2D eigenvalue weighted by Crippen LogP contribution is 2.11. The van der Waals surface area contributed by atoms with Crippen LogP contribution in [0.2, 0.25) is 0 Å². The van der Waals surface area contributed by atoms with Gasteiger partial charge < -0.3 is 0 Å². The average molecular weight is 142 g/mol. The van der Waals surface area contributed by atoms with Crippen molar-refractivity contribution in [2.75, 3.05) is 19.6 Å². The Hall–Kier alpha value is -0.620. The molecule has 1 aliphatic rings. The molecule has 0 aromatic rings. The van der Waals surface area contributed by atoms with Crippen molar-refractivity contribution in [3.8, 4) is 6.07 Å². The summed E-state index contributed by atoms with van der Waals surface area (Å²) in [7, 11) is 0. The van der Waals surface area contributed by atoms with Crippen LogP contribution >= 0.6 is 0 Å². The van der Waals surface area contributed by atoms with Gasteiger partial charge in [-0.15, -0.1) is 0 Å². The van der Waals surface area contributed by atoms with Crippen molar-refractivity contribution in [1.82, 2.24) is 4.90 Å². The molecule has 0 bridgehead atoms. The van der Waals surface area contributed by atoms with Crippen molar-refractivity contribution >= 4 is 0 Å². The van der Waals surface area contributed by atoms with Gasteiger partial charge in [0, 0.05) is 26.1 Å². The van der Waals surface area contributed by atoms with E-state index in [0.29, 0.717) is 19.4 Å². The second kappa shape index (κ2) is 3.52. The normalized spacial score (nSPS) is 26.6. The summed E-state index contributed by atoms with van der Waals surface area (Å²) in [4.78, 5) is 1.99. The zero-order chi connectivity index (χ0) is 7.40. The first-order valence-electron chi connectivity index (χ1n) is 3.56. The van der Waals surface area contributed by atoms with E-state index in [9.17, 15) is 4.39 Å². The highest BCUT2D eigenvalue weighted by atomic mass is 19.1. The number of nitriles is 1. The molecule has 0 saturated carbocycles. The Morgan fingerprint density at radius 1 is 1.70 bits per heavy atom. The summed E-state index contributed by atoms with van der Waals surface area (Å²) in [6.07, 6.45) is 0.511. The van der Waals surface area contributed by atoms with Crippen LogP contribution in [0.15, 0.2) is 0 Å². The SMILES string of the molecule is N#CCCN1CC[C@H](F)C1. The largest absolute Gasteiger partial charge is 0.299 e. The molecule has 0 unspecified atom stereocenters. The maximum atomic E-state index is 12.5. The molecule has 2 nitrogen and oxygen atoms in total. The quantitative estimate of drug-likeness (QED) is 0.573. The molecule has 0 aromatic heterocycles. The maximum Gasteiger partial charge on any atom is 0.114 e. The van der Waals surface area contributed by atoms with Crippen LogP contribution < -0.4 is 0 Å². The van der Waals surface area contributed by atoms with E-state index in [1.807, 2.05) is 11.0 Å². The van der Waals surface area contributed by atoms with Gasteiger partial charge in [0.05, 0.1) is 6.07 Å². The zero-order valence-electron chi connectivity index (χ0n) is 5.89. The fourth-order valence-electron chi connectivity index (χ4n) is 1.20. The summed E-state index contributed by atoms with van der Waals surface area (Å²) in [5.41, 5.74) is 0. The number of hydrogen-bond donors (Lipinski definition) is 0. The molecule has 3 heteroatoms. The third-order valence-electron chi connectivity index (χ3n) is 1.75. The Kier molecular flexibility index (Phi) is 2.64. The van der Waals surface area contributed by atoms with Crippen LogP contribution in [0, 0.1) is 11.3 Å². The lowest BCUT2D eigenvalue weighted by molar-refractivity contribution is 0.292. The van der Waals surface area contributed by atoms with E-state index in [-0.39, 0.29) is 0 Å². The molecule has 1 heterocycles. The molecule has 1 atom stereocenters. The predicted molar refractivity (Wildman–Crippen MR) is 36.2 cm³/mol. The fourth-order valence-corrected chi connectivity index (χ4v) is 1.20. The van der Waals surface area contributed by atoms with Crippen LogP contribution in [0.5, 0.6) is 0 Å². The van der Waals surface area contributed by atoms with Crippen LogP contribution in [0.4, 0.5) is 4.39 Å². The predicted octanol–water partition coefficient (Wildman–Crippen LogP) is 0.944. The van der Waals surface area contributed by atoms with Gasteiger partial charge in [0.25, 0.3) is 0 Å². The molecule has 1 rings (SSSR count). The van der Waals surface area contributed by atoms with Crippen molar-refractivity contribution in [2.45, 2.75) is 19.0 Å². The van der Waals surface area contributed by atoms with Gasteiger partial charge in [-0.1, -0.05) is 0 Å². The van der Waals surface area contributed by atoms with Gasteiger partial charge in [0.15, 0.2) is 0 Å². The summed E-state index contributed by atoms with van der Waals surface area (Å²) in [5.74, 6) is 0. The van der Waals surface area contributed by atoms with Crippen LogP contribution in [-0.4, -0.2) is 30.7 Å². The molecular weight excluding hydrogens is 131 g/mol. The van der Waals surface area contributed by atoms with E-state index in [2.05, 4.69) is 0 Å². The molecule has 56 valence electrons. The highest BCUT2D eigenvalue weighted by molar-refractivity contribution is 4.78. The summed E-state index contributed by atoms with van der Waals surface area (Å²) in [6.45, 7) is 2.08. The second-order valence-corrected chi connectivity index (χ2v) is 2.59. The van der Waals surface area contributed by atoms with E-state index < -0.39 is 6.17 Å². The minimum Gasteiger partial charge on any atom is -0.299 e. The first kappa shape index (κ1) is 7.49. The van der Waals surface area contributed by atoms with Crippen molar-refractivity contribution in [3.63, 3.8) is 0 Å². The average Bonchev–Trinajstić information content (AvgIpc) is 2.31. The lowest BCUT2D eigenvalue weighted by Crippen LogP contribution is -2.21. The standard InChI is InChI=1S/C7H11FN2/c8-7-2-5-10(6-7)4-1-3-9/h7H,1-2,4-6H2/t7-/m0/s1. The van der Waals surface area contributed by atoms with E-state index in [1.165, 1.54) is 0 Å². The van der Waals surface area contributed by atoms with Crippen molar-refractivity contribution in [3.05, 3.63) is 0 Å². The molecule has 0 N–H and O–H groups in total. The molecule has 0 aromatic carbocycles. The third-order valence-corrected chi connectivity index (χ3v) is 1.75. The number of alkyl halides is 1. The van der Waals surface area contributed by atoms with E-state index in [1.54, 1.807) is 0 Å². The van der Waals surface area contributed by atoms with Gasteiger partial charge in [-0.25, -0.2) is 4.39 Å². The Bertz CT molecular complexity index is 141. The summed E-state index contributed by atoms with van der Waals surface area (Å²) >= 11 is 0. The third kappa shape index (κ3) is 1.96. The first-order valence-corrected chi connectivity index (χ1v) is 3.56. The Labute approximate surface area is 60.2 Å². The first-order chi connectivity index (χ1) is 4.83. The highest BCUT2D eigenvalue weighted by Gasteiger charge is 2.20. The topological polar surface area (TPSA) is 27.0 Å². The smallest absolute Gasteiger partial charge is 0.114 e. The number of hydrogen-bond acceptors (Lipinski definition) is 2. The van der Waals surface area contributed by atoms with Gasteiger partial charge in [0.2, 0.25) is 0 Å². The second-order valence-electron chi connectivity index (χ2n) is 2.59. The van der Waals surface area contributed by atoms with Crippen LogP contribution in [-0.2, 0) is 0 Å². The summed E-state index contributed by atoms with van der Waals surface area (Å²) < 4.78 is 12.5. The minimum absolute atomic E-state index is 0.521. The van der Waals surface area contributed by atoms with Gasteiger partial charge in [-0.2, -0.15) is 5.26 Å². The molecule has 0 aliphatic carbocycles. The number of nitrogens with zero attached hydrogens (tertiary/aromatic N) is 2. The van der Waals surface area contributed by atoms with Gasteiger partial charge >= 0.3 is 0 Å². The fraction of sp³-hybridized carbons (Fsp3) is 0.857. The number of likely N-dealkylation sites (tertiary alicyclic amines) is 1. The minimum atomic E-state index is -0.654. The van der Waals surface area contributed by atoms with Gasteiger partial charge in [0.1, 0.15) is 6.17 Å². The van der Waals surface area contributed by atoms with E-state index in [4.69, 9.17) is 5.26 Å². The molecule has 1 saturated heterocycles. The van der Waals surface area contributed by atoms with Crippen LogP contribution in [0.1, 0.15) is 12.8 Å². The summed E-state index contributed by atoms with van der Waals surface area (Å²) in [5, 5.41) is 8.22. The molecular formula is C7H11FN2. The monoisotopic (exact) mass is 142 g/mol. The molecule has 10 heavy (non-hydrogen) atoms. The van der Waals surface area contributed by atoms with Crippen molar-refractivity contribution < 1.29 is 4.39 Å². The summed E-state index contributed by atoms with van der Waals surface area (Å²) in [6, 6.07) is 2.05. The number of rotatable bonds is 2. The zero-order valence-corrected chi connectivity index (χ0v) is 5.89. The molecule has 1 fully saturated rings. The molecule has 1 aliphatic heterocycles. The van der Waals surface area contributed by atoms with E-state index >= 15 is 0 Å². The maximum absolute atomic E-state index is 12.5. The van der Waals surface area contributed by atoms with Crippen molar-refractivity contribution in [2.24, 2.45) is 0 Å². The van der Waals surface area contributed by atoms with E-state index in [0.717, 1.165) is 13.1 Å². The number of halogens is 1. The lowest BCUT2D eigenvalue weighted by Gasteiger charge is -2.10. The van der Waals surface area contributed by atoms with Crippen LogP contribution in [0.25, 0.3) is 0 Å². The Balaban J connectivity index is 2.14. The molecule has 0 amide bonds. The van der Waals surface area contributed by atoms with Gasteiger partial charge in [-0.05, 0) is 6.42 Å².